The molecule has 0 atom stereocenters. The average molecular weight is 305 g/mol. The molecule has 108 valence electrons. The van der Waals surface area contributed by atoms with E-state index in [-0.39, 0.29) is 5.91 Å². The molecule has 2 aromatic rings. The fourth-order valence-electron chi connectivity index (χ4n) is 1.70. The van der Waals surface area contributed by atoms with Gasteiger partial charge in [-0.2, -0.15) is 0 Å². The number of carboxylic acids is 1. The number of benzene rings is 1. The highest BCUT2D eigenvalue weighted by atomic mass is 32.1. The highest BCUT2D eigenvalue weighted by Gasteiger charge is 2.15. The Hall–Kier alpha value is -2.47. The van der Waals surface area contributed by atoms with E-state index in [0.717, 1.165) is 6.08 Å². The van der Waals surface area contributed by atoms with E-state index in [1.165, 1.54) is 40.5 Å². The molecule has 1 aromatic carbocycles. The summed E-state index contributed by atoms with van der Waals surface area (Å²) in [5.74, 6) is -1.75. The largest absolute Gasteiger partial charge is 0.478 e. The molecule has 1 N–H and O–H groups in total. The van der Waals surface area contributed by atoms with Crippen LogP contribution in [0, 0.1) is 5.82 Å². The number of carbonyl (C=O) groups is 2. The summed E-state index contributed by atoms with van der Waals surface area (Å²) >= 11 is 1.26. The van der Waals surface area contributed by atoms with Crippen LogP contribution in [0.3, 0.4) is 0 Å². The lowest BCUT2D eigenvalue weighted by atomic mass is 10.2. The first-order valence-electron chi connectivity index (χ1n) is 6.00. The smallest absolute Gasteiger partial charge is 0.328 e. The Morgan fingerprint density at radius 2 is 2.10 bits per heavy atom. The molecule has 0 radical (unpaired) electrons. The zero-order chi connectivity index (χ0) is 15.4. The van der Waals surface area contributed by atoms with Gasteiger partial charge in [-0.05, 0) is 30.3 Å². The fraction of sp³-hybridized carbons (Fsp3) is 0.0667. The van der Waals surface area contributed by atoms with Crippen LogP contribution >= 0.6 is 11.3 Å². The molecule has 0 saturated heterocycles. The van der Waals surface area contributed by atoms with E-state index in [1.807, 2.05) is 0 Å². The van der Waals surface area contributed by atoms with Gasteiger partial charge < -0.3 is 10.0 Å². The Balaban J connectivity index is 2.18. The number of carbonyl (C=O) groups excluding carboxylic acids is 1. The molecule has 1 amide bonds. The predicted octanol–water partition coefficient (Wildman–Crippen LogP) is 3.26. The molecule has 0 aliphatic rings. The summed E-state index contributed by atoms with van der Waals surface area (Å²) in [5.41, 5.74) is 0.880. The quantitative estimate of drug-likeness (QED) is 0.882. The number of carboxylic acid groups (broad SMARTS) is 1. The third-order valence-electron chi connectivity index (χ3n) is 2.76. The van der Waals surface area contributed by atoms with Crippen molar-refractivity contribution in [3.63, 3.8) is 0 Å². The maximum absolute atomic E-state index is 13.2. The van der Waals surface area contributed by atoms with Crippen LogP contribution in [0.2, 0.25) is 0 Å². The third kappa shape index (κ3) is 3.76. The molecular formula is C15H12FNO3S. The molecule has 0 saturated carbocycles. The van der Waals surface area contributed by atoms with Crippen molar-refractivity contribution in [3.05, 3.63) is 58.0 Å². The molecule has 1 aromatic heterocycles. The van der Waals surface area contributed by atoms with Crippen LogP contribution in [0.4, 0.5) is 10.1 Å². The molecule has 0 spiro atoms. The summed E-state index contributed by atoms with van der Waals surface area (Å²) in [6.45, 7) is 0. The monoisotopic (exact) mass is 305 g/mol. The molecular weight excluding hydrogens is 293 g/mol. The highest BCUT2D eigenvalue weighted by molar-refractivity contribution is 7.11. The number of anilines is 1. The van der Waals surface area contributed by atoms with Gasteiger partial charge in [-0.25, -0.2) is 9.18 Å². The van der Waals surface area contributed by atoms with Crippen LogP contribution in [0.5, 0.6) is 0 Å². The SMILES string of the molecule is CN(C(=O)c1csc(C=CC(=O)O)c1)c1cccc(F)c1. The van der Waals surface area contributed by atoms with Crippen LogP contribution in [-0.2, 0) is 4.79 Å². The van der Waals surface area contributed by atoms with Crippen molar-refractivity contribution in [2.75, 3.05) is 11.9 Å². The number of halogens is 1. The van der Waals surface area contributed by atoms with Gasteiger partial charge in [0.05, 0.1) is 5.56 Å². The molecule has 0 fully saturated rings. The second kappa shape index (κ2) is 6.32. The standard InChI is InChI=1S/C15H12FNO3S/c1-17(12-4-2-3-11(16)8-12)15(20)10-7-13(21-9-10)5-6-14(18)19/h2-9H,1H3,(H,18,19). The van der Waals surface area contributed by atoms with E-state index in [9.17, 15) is 14.0 Å². The Morgan fingerprint density at radius 3 is 2.76 bits per heavy atom. The normalized spacial score (nSPS) is 10.8. The van der Waals surface area contributed by atoms with Gasteiger partial charge in [-0.1, -0.05) is 6.07 Å². The second-order valence-electron chi connectivity index (χ2n) is 4.25. The van der Waals surface area contributed by atoms with Gasteiger partial charge in [-0.15, -0.1) is 11.3 Å². The summed E-state index contributed by atoms with van der Waals surface area (Å²) in [4.78, 5) is 24.7. The summed E-state index contributed by atoms with van der Waals surface area (Å²) in [6.07, 6.45) is 2.43. The minimum atomic E-state index is -1.05. The molecule has 6 heteroatoms. The van der Waals surface area contributed by atoms with E-state index >= 15 is 0 Å². The van der Waals surface area contributed by atoms with E-state index in [4.69, 9.17) is 5.11 Å². The summed E-state index contributed by atoms with van der Waals surface area (Å²) in [5, 5.41) is 10.2. The Morgan fingerprint density at radius 1 is 1.33 bits per heavy atom. The Kier molecular flexibility index (Phi) is 4.49. The van der Waals surface area contributed by atoms with Crippen molar-refractivity contribution in [1.29, 1.82) is 0 Å². The highest BCUT2D eigenvalue weighted by Crippen LogP contribution is 2.21. The lowest BCUT2D eigenvalue weighted by Gasteiger charge is -2.16. The molecule has 2 rings (SSSR count). The second-order valence-corrected chi connectivity index (χ2v) is 5.20. The van der Waals surface area contributed by atoms with Crippen molar-refractivity contribution in [3.8, 4) is 0 Å². The van der Waals surface area contributed by atoms with Crippen LogP contribution in [0.25, 0.3) is 6.08 Å². The molecule has 0 aliphatic carbocycles. The maximum atomic E-state index is 13.2. The molecule has 0 unspecified atom stereocenters. The van der Waals surface area contributed by atoms with E-state index in [0.29, 0.717) is 16.1 Å². The van der Waals surface area contributed by atoms with Crippen molar-refractivity contribution in [2.45, 2.75) is 0 Å². The van der Waals surface area contributed by atoms with Crippen molar-refractivity contribution < 1.29 is 19.1 Å². The topological polar surface area (TPSA) is 57.6 Å². The molecule has 21 heavy (non-hydrogen) atoms. The van der Waals surface area contributed by atoms with E-state index < -0.39 is 11.8 Å². The first-order chi connectivity index (χ1) is 9.97. The summed E-state index contributed by atoms with van der Waals surface area (Å²) in [7, 11) is 1.56. The van der Waals surface area contributed by atoms with Gasteiger partial charge in [0.2, 0.25) is 0 Å². The van der Waals surface area contributed by atoms with Crippen LogP contribution in [-0.4, -0.2) is 24.0 Å². The minimum absolute atomic E-state index is 0.285. The first kappa shape index (κ1) is 14.9. The van der Waals surface area contributed by atoms with Crippen LogP contribution in [0.1, 0.15) is 15.2 Å². The predicted molar refractivity (Wildman–Crippen MR) is 80.1 cm³/mol. The molecule has 1 heterocycles. The average Bonchev–Trinajstić information content (AvgIpc) is 2.92. The number of amides is 1. The van der Waals surface area contributed by atoms with E-state index in [1.54, 1.807) is 24.6 Å². The lowest BCUT2D eigenvalue weighted by molar-refractivity contribution is -0.131. The number of rotatable bonds is 4. The number of thiophene rings is 1. The number of aliphatic carboxylic acids is 1. The number of nitrogens with zero attached hydrogens (tertiary/aromatic N) is 1. The van der Waals surface area contributed by atoms with Gasteiger partial charge in [-0.3, -0.25) is 4.79 Å². The molecule has 4 nitrogen and oxygen atoms in total. The van der Waals surface area contributed by atoms with Gasteiger partial charge in [0.25, 0.3) is 5.91 Å². The van der Waals surface area contributed by atoms with E-state index in [2.05, 4.69) is 0 Å². The fourth-order valence-corrected chi connectivity index (χ4v) is 2.47. The van der Waals surface area contributed by atoms with Crippen LogP contribution < -0.4 is 4.90 Å². The zero-order valence-corrected chi connectivity index (χ0v) is 11.9. The first-order valence-corrected chi connectivity index (χ1v) is 6.88. The Bertz CT molecular complexity index is 708. The van der Waals surface area contributed by atoms with Gasteiger partial charge in [0.1, 0.15) is 5.82 Å². The lowest BCUT2D eigenvalue weighted by Crippen LogP contribution is -2.25. The van der Waals surface area contributed by atoms with Crippen LogP contribution in [0.15, 0.2) is 41.8 Å². The molecule has 0 bridgehead atoms. The zero-order valence-electron chi connectivity index (χ0n) is 11.1. The maximum Gasteiger partial charge on any atom is 0.328 e. The van der Waals surface area contributed by atoms with Crippen molar-refractivity contribution in [1.82, 2.24) is 0 Å². The van der Waals surface area contributed by atoms with Gasteiger partial charge >= 0.3 is 5.97 Å². The van der Waals surface area contributed by atoms with Gasteiger partial charge in [0.15, 0.2) is 0 Å². The minimum Gasteiger partial charge on any atom is -0.478 e. The number of hydrogen-bond acceptors (Lipinski definition) is 3. The van der Waals surface area contributed by atoms with Gasteiger partial charge in [0, 0.05) is 29.1 Å². The molecule has 0 aliphatic heterocycles. The Labute approximate surface area is 124 Å². The third-order valence-corrected chi connectivity index (χ3v) is 3.65. The van der Waals surface area contributed by atoms with Crippen molar-refractivity contribution >= 4 is 35.0 Å². The number of hydrogen-bond donors (Lipinski definition) is 1. The summed E-state index contributed by atoms with van der Waals surface area (Å²) in [6, 6.07) is 7.35. The van der Waals surface area contributed by atoms with Crippen molar-refractivity contribution in [2.24, 2.45) is 0 Å². The summed E-state index contributed by atoms with van der Waals surface area (Å²) < 4.78 is 13.2.